The van der Waals surface area contributed by atoms with Crippen LogP contribution < -0.4 is 10.5 Å². The number of nitrogens with zero attached hydrogens (tertiary/aromatic N) is 1. The van der Waals surface area contributed by atoms with E-state index in [0.29, 0.717) is 17.8 Å². The van der Waals surface area contributed by atoms with Crippen molar-refractivity contribution in [1.82, 2.24) is 4.90 Å². The summed E-state index contributed by atoms with van der Waals surface area (Å²) in [5.74, 6) is 1.02. The van der Waals surface area contributed by atoms with Gasteiger partial charge in [-0.2, -0.15) is 0 Å². The molecule has 2 bridgehead atoms. The van der Waals surface area contributed by atoms with Crippen LogP contribution in [0.1, 0.15) is 44.1 Å². The zero-order valence-electron chi connectivity index (χ0n) is 15.8. The predicted molar refractivity (Wildman–Crippen MR) is 101 cm³/mol. The molecule has 3 saturated carbocycles. The average molecular weight is 360 g/mol. The van der Waals surface area contributed by atoms with E-state index in [1.165, 1.54) is 5.56 Å². The number of fused-ring (bicyclic) bond motifs is 3. The van der Waals surface area contributed by atoms with Gasteiger partial charge >= 0.3 is 0 Å². The summed E-state index contributed by atoms with van der Waals surface area (Å²) in [6, 6.07) is 8.17. The van der Waals surface area contributed by atoms with E-state index < -0.39 is 0 Å². The Labute approximate surface area is 155 Å². The van der Waals surface area contributed by atoms with E-state index in [1.54, 1.807) is 4.90 Å². The summed E-state index contributed by atoms with van der Waals surface area (Å²) in [6.07, 6.45) is 6.63. The third-order valence-corrected chi connectivity index (χ3v) is 6.41. The van der Waals surface area contributed by atoms with Crippen molar-refractivity contribution in [1.29, 1.82) is 0 Å². The number of ether oxygens (including phenoxy) is 1. The van der Waals surface area contributed by atoms with Gasteiger partial charge in [-0.3, -0.25) is 4.79 Å². The molecule has 26 heavy (non-hydrogen) atoms. The average Bonchev–Trinajstić information content (AvgIpc) is 2.70. The first-order valence-electron chi connectivity index (χ1n) is 9.38. The lowest BCUT2D eigenvalue weighted by Gasteiger charge is -2.53. The lowest BCUT2D eigenvalue weighted by molar-refractivity contribution is -0.146. The van der Waals surface area contributed by atoms with Crippen LogP contribution in [-0.2, 0) is 10.2 Å². The molecule has 0 aromatic heterocycles. The van der Waals surface area contributed by atoms with E-state index in [9.17, 15) is 9.18 Å². The smallest absolute Gasteiger partial charge is 0.228 e. The second-order valence-corrected chi connectivity index (χ2v) is 8.04. The lowest BCUT2D eigenvalue weighted by atomic mass is 9.51. The van der Waals surface area contributed by atoms with Crippen molar-refractivity contribution >= 4 is 5.91 Å². The summed E-state index contributed by atoms with van der Waals surface area (Å²) in [5, 5.41) is 0. The van der Waals surface area contributed by atoms with Crippen LogP contribution in [0, 0.1) is 5.41 Å². The Morgan fingerprint density at radius 3 is 2.19 bits per heavy atom. The zero-order valence-corrected chi connectivity index (χ0v) is 15.8. The van der Waals surface area contributed by atoms with Crippen LogP contribution >= 0.6 is 0 Å². The fourth-order valence-electron chi connectivity index (χ4n) is 4.63. The van der Waals surface area contributed by atoms with Crippen molar-refractivity contribution in [3.05, 3.63) is 41.7 Å². The van der Waals surface area contributed by atoms with Crippen molar-refractivity contribution in [3.63, 3.8) is 0 Å². The molecule has 5 heteroatoms. The number of nitrogens with two attached hydrogens (primary N) is 1. The summed E-state index contributed by atoms with van der Waals surface area (Å²) in [6.45, 7) is 0.331. The maximum atomic E-state index is 12.6. The molecule has 1 aromatic rings. The molecule has 0 spiro atoms. The quantitative estimate of drug-likeness (QED) is 0.844. The first-order valence-corrected chi connectivity index (χ1v) is 9.38. The van der Waals surface area contributed by atoms with Crippen molar-refractivity contribution < 1.29 is 13.9 Å². The molecule has 4 rings (SSSR count). The largest absolute Gasteiger partial charge is 0.489 e. The van der Waals surface area contributed by atoms with Crippen molar-refractivity contribution in [3.8, 4) is 5.75 Å². The number of carbonyl (C=O) groups is 1. The van der Waals surface area contributed by atoms with E-state index in [-0.39, 0.29) is 24.0 Å². The van der Waals surface area contributed by atoms with Gasteiger partial charge in [0.15, 0.2) is 0 Å². The first-order chi connectivity index (χ1) is 12.4. The SMILES string of the molecule is CN(C)C(=O)C12CCC(c3ccc(OC/C(=C/F)CN)cc3)(CC1)CC2. The molecule has 0 atom stereocenters. The van der Waals surface area contributed by atoms with Crippen LogP contribution in [0.4, 0.5) is 4.39 Å². The minimum atomic E-state index is -0.133. The number of benzene rings is 1. The Balaban J connectivity index is 1.67. The normalized spacial score (nSPS) is 28.1. The van der Waals surface area contributed by atoms with Gasteiger partial charge in [-0.15, -0.1) is 0 Å². The molecule has 1 amide bonds. The minimum Gasteiger partial charge on any atom is -0.489 e. The second kappa shape index (κ2) is 7.39. The van der Waals surface area contributed by atoms with E-state index in [0.717, 1.165) is 44.3 Å². The van der Waals surface area contributed by atoms with Crippen LogP contribution in [0.15, 0.2) is 36.2 Å². The van der Waals surface area contributed by atoms with Gasteiger partial charge < -0.3 is 15.4 Å². The van der Waals surface area contributed by atoms with E-state index in [2.05, 4.69) is 12.1 Å². The molecule has 3 aliphatic carbocycles. The molecule has 4 nitrogen and oxygen atoms in total. The predicted octanol–water partition coefficient (Wildman–Crippen LogP) is 3.56. The molecule has 3 aliphatic rings. The Morgan fingerprint density at radius 1 is 1.15 bits per heavy atom. The Morgan fingerprint density at radius 2 is 1.73 bits per heavy atom. The van der Waals surface area contributed by atoms with Crippen LogP contribution in [0.5, 0.6) is 5.75 Å². The summed E-state index contributed by atoms with van der Waals surface area (Å²) in [4.78, 5) is 14.4. The molecule has 0 saturated heterocycles. The molecular formula is C21H29FN2O2. The van der Waals surface area contributed by atoms with Crippen LogP contribution in [0.3, 0.4) is 0 Å². The number of halogens is 1. The van der Waals surface area contributed by atoms with E-state index >= 15 is 0 Å². The highest BCUT2D eigenvalue weighted by atomic mass is 19.1. The van der Waals surface area contributed by atoms with Gasteiger partial charge in [0.2, 0.25) is 5.91 Å². The standard InChI is InChI=1S/C21H29FN2O2/c1-24(2)19(25)21-10-7-20(8-11-21,9-12-21)17-3-5-18(6-4-17)26-15-16(13-22)14-23/h3-6,13H,7-12,14-15,23H2,1-2H3/b16-13+. The molecule has 1 aromatic carbocycles. The molecule has 0 aliphatic heterocycles. The molecule has 0 heterocycles. The Bertz CT molecular complexity index is 657. The second-order valence-electron chi connectivity index (χ2n) is 8.04. The number of hydrogen-bond acceptors (Lipinski definition) is 3. The zero-order chi connectivity index (χ0) is 18.8. The summed E-state index contributed by atoms with van der Waals surface area (Å²) >= 11 is 0. The number of rotatable bonds is 6. The van der Waals surface area contributed by atoms with Crippen molar-refractivity contribution in [2.24, 2.45) is 11.1 Å². The molecule has 0 unspecified atom stereocenters. The van der Waals surface area contributed by atoms with Gasteiger partial charge in [0.1, 0.15) is 12.4 Å². The molecule has 142 valence electrons. The maximum absolute atomic E-state index is 12.6. The molecular weight excluding hydrogens is 331 g/mol. The third-order valence-electron chi connectivity index (χ3n) is 6.41. The fraction of sp³-hybridized carbons (Fsp3) is 0.571. The van der Waals surface area contributed by atoms with Crippen LogP contribution in [0.2, 0.25) is 0 Å². The van der Waals surface area contributed by atoms with Gasteiger partial charge in [-0.25, -0.2) is 4.39 Å². The summed E-state index contributed by atoms with van der Waals surface area (Å²) in [7, 11) is 3.72. The van der Waals surface area contributed by atoms with Gasteiger partial charge in [-0.1, -0.05) is 12.1 Å². The number of carbonyl (C=O) groups excluding carboxylic acids is 1. The monoisotopic (exact) mass is 360 g/mol. The summed E-state index contributed by atoms with van der Waals surface area (Å²) in [5.41, 5.74) is 7.27. The van der Waals surface area contributed by atoms with Gasteiger partial charge in [0, 0.05) is 31.6 Å². The highest BCUT2D eigenvalue weighted by Crippen LogP contribution is 2.58. The molecule has 0 radical (unpaired) electrons. The highest BCUT2D eigenvalue weighted by molar-refractivity contribution is 5.82. The fourth-order valence-corrected chi connectivity index (χ4v) is 4.63. The van der Waals surface area contributed by atoms with Crippen molar-refractivity contribution in [2.45, 2.75) is 43.9 Å². The van der Waals surface area contributed by atoms with Crippen molar-refractivity contribution in [2.75, 3.05) is 27.2 Å². The maximum Gasteiger partial charge on any atom is 0.228 e. The molecule has 2 N–H and O–H groups in total. The van der Waals surface area contributed by atoms with Crippen LogP contribution in [-0.4, -0.2) is 38.1 Å². The lowest BCUT2D eigenvalue weighted by Crippen LogP contribution is -2.51. The Kier molecular flexibility index (Phi) is 5.37. The first kappa shape index (κ1) is 18.9. The molecule has 3 fully saturated rings. The van der Waals surface area contributed by atoms with Gasteiger partial charge in [0.25, 0.3) is 0 Å². The topological polar surface area (TPSA) is 55.6 Å². The van der Waals surface area contributed by atoms with Gasteiger partial charge in [0.05, 0.1) is 6.33 Å². The highest BCUT2D eigenvalue weighted by Gasteiger charge is 2.53. The van der Waals surface area contributed by atoms with E-state index in [1.807, 2.05) is 26.2 Å². The van der Waals surface area contributed by atoms with Gasteiger partial charge in [-0.05, 0) is 61.6 Å². The minimum absolute atomic E-state index is 0.133. The van der Waals surface area contributed by atoms with E-state index in [4.69, 9.17) is 10.5 Å². The third kappa shape index (κ3) is 3.37. The Hall–Kier alpha value is -1.88. The summed E-state index contributed by atoms with van der Waals surface area (Å²) < 4.78 is 18.2. The number of amides is 1. The van der Waals surface area contributed by atoms with Crippen LogP contribution in [0.25, 0.3) is 0 Å². The number of hydrogen-bond donors (Lipinski definition) is 1.